The summed E-state index contributed by atoms with van der Waals surface area (Å²) in [7, 11) is 0. The largest absolute Gasteiger partial charge is 0.367 e. The van der Waals surface area contributed by atoms with E-state index in [2.05, 4.69) is 15.0 Å². The van der Waals surface area contributed by atoms with Crippen molar-refractivity contribution < 1.29 is 0 Å². The van der Waals surface area contributed by atoms with E-state index in [1.807, 2.05) is 31.5 Å². The van der Waals surface area contributed by atoms with Crippen LogP contribution in [0, 0.1) is 6.92 Å². The first-order valence-electron chi connectivity index (χ1n) is 3.79. The molecule has 0 bridgehead atoms. The molecule has 60 valence electrons. The lowest BCUT2D eigenvalue weighted by Crippen LogP contribution is -1.87. The minimum atomic E-state index is 0.800. The van der Waals surface area contributed by atoms with Gasteiger partial charge in [0.15, 0.2) is 0 Å². The van der Waals surface area contributed by atoms with Crippen LogP contribution >= 0.6 is 0 Å². The molecule has 0 fully saturated rings. The van der Waals surface area contributed by atoms with Crippen molar-refractivity contribution in [2.24, 2.45) is 0 Å². The van der Waals surface area contributed by atoms with Crippen LogP contribution in [0.25, 0.3) is 11.3 Å². The molecule has 3 heteroatoms. The fourth-order valence-corrected chi connectivity index (χ4v) is 1.10. The van der Waals surface area contributed by atoms with Gasteiger partial charge < -0.3 is 4.98 Å². The first-order chi connectivity index (χ1) is 5.86. The molecular weight excluding hydrogens is 150 g/mol. The molecule has 0 amide bonds. The maximum Gasteiger partial charge on any atom is 0.125 e. The Balaban J connectivity index is 2.48. The fraction of sp³-hybridized carbons (Fsp3) is 0.111. The van der Waals surface area contributed by atoms with E-state index < -0.39 is 0 Å². The van der Waals surface area contributed by atoms with Crippen molar-refractivity contribution in [1.82, 2.24) is 15.0 Å². The summed E-state index contributed by atoms with van der Waals surface area (Å²) in [6.45, 7) is 1.89. The van der Waals surface area contributed by atoms with Crippen molar-refractivity contribution in [3.63, 3.8) is 0 Å². The monoisotopic (exact) mass is 159 g/mol. The third-order valence-electron chi connectivity index (χ3n) is 1.67. The Labute approximate surface area is 70.5 Å². The highest BCUT2D eigenvalue weighted by atomic mass is 14.9. The van der Waals surface area contributed by atoms with Crippen LogP contribution in [0.1, 0.15) is 5.82 Å². The SMILES string of the molecule is Cc1nccc(-c2cc[nH]c2)n1. The summed E-state index contributed by atoms with van der Waals surface area (Å²) in [4.78, 5) is 11.3. The van der Waals surface area contributed by atoms with Crippen molar-refractivity contribution in [1.29, 1.82) is 0 Å². The lowest BCUT2D eigenvalue weighted by atomic mass is 10.2. The quantitative estimate of drug-likeness (QED) is 0.689. The molecule has 0 atom stereocenters. The summed E-state index contributed by atoms with van der Waals surface area (Å²) in [5.74, 6) is 0.800. The Bertz CT molecular complexity index is 365. The molecule has 2 rings (SSSR count). The Hall–Kier alpha value is -1.64. The normalized spacial score (nSPS) is 10.1. The molecular formula is C9H9N3. The lowest BCUT2D eigenvalue weighted by Gasteiger charge is -1.96. The van der Waals surface area contributed by atoms with Gasteiger partial charge in [0, 0.05) is 24.2 Å². The Kier molecular flexibility index (Phi) is 1.63. The van der Waals surface area contributed by atoms with Gasteiger partial charge in [-0.15, -0.1) is 0 Å². The molecule has 0 aromatic carbocycles. The van der Waals surface area contributed by atoms with Crippen LogP contribution in [0.5, 0.6) is 0 Å². The molecule has 12 heavy (non-hydrogen) atoms. The van der Waals surface area contributed by atoms with Gasteiger partial charge in [0.2, 0.25) is 0 Å². The minimum Gasteiger partial charge on any atom is -0.367 e. The summed E-state index contributed by atoms with van der Waals surface area (Å²) in [5, 5.41) is 0. The van der Waals surface area contributed by atoms with E-state index in [9.17, 15) is 0 Å². The number of aromatic amines is 1. The second kappa shape index (κ2) is 2.77. The van der Waals surface area contributed by atoms with Gasteiger partial charge in [-0.3, -0.25) is 0 Å². The van der Waals surface area contributed by atoms with Gasteiger partial charge in [-0.1, -0.05) is 0 Å². The van der Waals surface area contributed by atoms with E-state index in [1.165, 1.54) is 0 Å². The van der Waals surface area contributed by atoms with Crippen LogP contribution in [-0.4, -0.2) is 15.0 Å². The van der Waals surface area contributed by atoms with Crippen LogP contribution < -0.4 is 0 Å². The second-order valence-electron chi connectivity index (χ2n) is 2.59. The van der Waals surface area contributed by atoms with Gasteiger partial charge in [0.05, 0.1) is 5.69 Å². The van der Waals surface area contributed by atoms with E-state index in [0.29, 0.717) is 0 Å². The molecule has 0 saturated heterocycles. The highest BCUT2D eigenvalue weighted by Gasteiger charge is 1.98. The first kappa shape index (κ1) is 7.03. The number of nitrogens with one attached hydrogen (secondary N) is 1. The molecule has 3 nitrogen and oxygen atoms in total. The average Bonchev–Trinajstić information content (AvgIpc) is 2.56. The molecule has 2 aromatic rings. The van der Waals surface area contributed by atoms with Crippen molar-refractivity contribution in [2.45, 2.75) is 6.92 Å². The zero-order valence-corrected chi connectivity index (χ0v) is 6.78. The number of hydrogen-bond donors (Lipinski definition) is 1. The van der Waals surface area contributed by atoms with Crippen LogP contribution in [0.3, 0.4) is 0 Å². The predicted molar refractivity (Wildman–Crippen MR) is 46.6 cm³/mol. The van der Waals surface area contributed by atoms with E-state index >= 15 is 0 Å². The maximum atomic E-state index is 4.28. The van der Waals surface area contributed by atoms with Gasteiger partial charge in [0.1, 0.15) is 5.82 Å². The summed E-state index contributed by atoms with van der Waals surface area (Å²) >= 11 is 0. The second-order valence-corrected chi connectivity index (χ2v) is 2.59. The molecule has 1 N–H and O–H groups in total. The summed E-state index contributed by atoms with van der Waals surface area (Å²) in [6, 6.07) is 3.89. The van der Waals surface area contributed by atoms with Crippen LogP contribution in [0.4, 0.5) is 0 Å². The molecule has 0 aliphatic carbocycles. The van der Waals surface area contributed by atoms with Gasteiger partial charge in [-0.05, 0) is 19.1 Å². The van der Waals surface area contributed by atoms with E-state index in [-0.39, 0.29) is 0 Å². The number of H-pyrrole nitrogens is 1. The Morgan fingerprint density at radius 2 is 2.25 bits per heavy atom. The molecule has 0 aliphatic heterocycles. The van der Waals surface area contributed by atoms with Gasteiger partial charge in [0.25, 0.3) is 0 Å². The van der Waals surface area contributed by atoms with Crippen LogP contribution in [0.15, 0.2) is 30.7 Å². The standard InChI is InChI=1S/C9H9N3/c1-7-11-5-3-9(12-7)8-2-4-10-6-8/h2-6,10H,1H3. The zero-order chi connectivity index (χ0) is 8.39. The Morgan fingerprint density at radius 3 is 2.92 bits per heavy atom. The number of aryl methyl sites for hydroxylation is 1. The molecule has 0 saturated carbocycles. The number of aromatic nitrogens is 3. The van der Waals surface area contributed by atoms with Gasteiger partial charge in [-0.2, -0.15) is 0 Å². The summed E-state index contributed by atoms with van der Waals surface area (Å²) < 4.78 is 0. The van der Waals surface area contributed by atoms with Gasteiger partial charge >= 0.3 is 0 Å². The number of nitrogens with zero attached hydrogens (tertiary/aromatic N) is 2. The van der Waals surface area contributed by atoms with Crippen molar-refractivity contribution in [3.05, 3.63) is 36.5 Å². The molecule has 0 spiro atoms. The summed E-state index contributed by atoms with van der Waals surface area (Å²) in [6.07, 6.45) is 5.57. The van der Waals surface area contributed by atoms with Crippen LogP contribution in [-0.2, 0) is 0 Å². The molecule has 2 aromatic heterocycles. The van der Waals surface area contributed by atoms with E-state index in [1.54, 1.807) is 6.20 Å². The third-order valence-corrected chi connectivity index (χ3v) is 1.67. The molecule has 0 unspecified atom stereocenters. The smallest absolute Gasteiger partial charge is 0.125 e. The minimum absolute atomic E-state index is 0.800. The fourth-order valence-electron chi connectivity index (χ4n) is 1.10. The lowest BCUT2D eigenvalue weighted by molar-refractivity contribution is 1.06. The third kappa shape index (κ3) is 1.21. The van der Waals surface area contributed by atoms with Crippen LogP contribution in [0.2, 0.25) is 0 Å². The van der Waals surface area contributed by atoms with E-state index in [4.69, 9.17) is 0 Å². The predicted octanol–water partition coefficient (Wildman–Crippen LogP) is 1.78. The van der Waals surface area contributed by atoms with Crippen molar-refractivity contribution in [2.75, 3.05) is 0 Å². The average molecular weight is 159 g/mol. The molecule has 0 aliphatic rings. The number of hydrogen-bond acceptors (Lipinski definition) is 2. The van der Waals surface area contributed by atoms with Crippen molar-refractivity contribution >= 4 is 0 Å². The van der Waals surface area contributed by atoms with E-state index in [0.717, 1.165) is 17.1 Å². The van der Waals surface area contributed by atoms with Gasteiger partial charge in [-0.25, -0.2) is 9.97 Å². The highest BCUT2D eigenvalue weighted by molar-refractivity contribution is 5.57. The topological polar surface area (TPSA) is 41.6 Å². The summed E-state index contributed by atoms with van der Waals surface area (Å²) in [5.41, 5.74) is 2.06. The molecule has 2 heterocycles. The first-order valence-corrected chi connectivity index (χ1v) is 3.79. The highest BCUT2D eigenvalue weighted by Crippen LogP contribution is 2.14. The number of rotatable bonds is 1. The Morgan fingerprint density at radius 1 is 1.33 bits per heavy atom. The molecule has 0 radical (unpaired) electrons. The maximum absolute atomic E-state index is 4.28. The zero-order valence-electron chi connectivity index (χ0n) is 6.78. The van der Waals surface area contributed by atoms with Crippen molar-refractivity contribution in [3.8, 4) is 11.3 Å².